The van der Waals surface area contributed by atoms with Gasteiger partial charge in [0.05, 0.1) is 24.1 Å². The Balaban J connectivity index is 1.39. The number of hydrogen-bond donors (Lipinski definition) is 2. The van der Waals surface area contributed by atoms with E-state index >= 15 is 0 Å². The normalized spacial score (nSPS) is 16.3. The zero-order valence-electron chi connectivity index (χ0n) is 21.4. The van der Waals surface area contributed by atoms with Crippen molar-refractivity contribution >= 4 is 16.9 Å². The average Bonchev–Trinajstić information content (AvgIpc) is 2.92. The zero-order valence-corrected chi connectivity index (χ0v) is 21.4. The van der Waals surface area contributed by atoms with Gasteiger partial charge in [-0.05, 0) is 62.5 Å². The number of rotatable bonds is 11. The molecule has 1 unspecified atom stereocenters. The standard InChI is InChI=1S/C28H30F4N2O5/c1-38-19-2-3-23-20(14-19)25(17(15-29)16-33-23)24(35)4-5-28(27(36)37)6-8-34(9-7-28)10-11-39-26-21(31)12-18(30)13-22(26)32/h2-3,12-14,16,24,35H,4-11,15H2,1H3,(H,36,37). The van der Waals surface area contributed by atoms with Gasteiger partial charge in [0.15, 0.2) is 17.4 Å². The number of carbonyl (C=O) groups is 1. The van der Waals surface area contributed by atoms with E-state index < -0.39 is 47.4 Å². The number of ether oxygens (including phenoxy) is 2. The van der Waals surface area contributed by atoms with Gasteiger partial charge in [-0.15, -0.1) is 0 Å². The van der Waals surface area contributed by atoms with Gasteiger partial charge in [-0.1, -0.05) is 0 Å². The molecular formula is C28H30F4N2O5. The third kappa shape index (κ3) is 6.25. The highest BCUT2D eigenvalue weighted by molar-refractivity contribution is 5.85. The molecule has 0 radical (unpaired) electrons. The molecular weight excluding hydrogens is 520 g/mol. The summed E-state index contributed by atoms with van der Waals surface area (Å²) >= 11 is 0. The molecule has 0 bridgehead atoms. The Morgan fingerprint density at radius 1 is 1.15 bits per heavy atom. The monoisotopic (exact) mass is 550 g/mol. The number of aliphatic hydroxyl groups is 1. The van der Waals surface area contributed by atoms with Gasteiger partial charge in [0.25, 0.3) is 0 Å². The van der Waals surface area contributed by atoms with Gasteiger partial charge in [0.2, 0.25) is 0 Å². The van der Waals surface area contributed by atoms with Gasteiger partial charge in [0.1, 0.15) is 24.8 Å². The molecule has 7 nitrogen and oxygen atoms in total. The lowest BCUT2D eigenvalue weighted by molar-refractivity contribution is -0.153. The number of pyridine rings is 1. The first-order valence-corrected chi connectivity index (χ1v) is 12.6. The smallest absolute Gasteiger partial charge is 0.309 e. The van der Waals surface area contributed by atoms with Crippen LogP contribution in [0.25, 0.3) is 10.9 Å². The molecule has 39 heavy (non-hydrogen) atoms. The van der Waals surface area contributed by atoms with Gasteiger partial charge >= 0.3 is 5.97 Å². The van der Waals surface area contributed by atoms with E-state index in [1.165, 1.54) is 13.3 Å². The van der Waals surface area contributed by atoms with Gasteiger partial charge < -0.3 is 19.7 Å². The summed E-state index contributed by atoms with van der Waals surface area (Å²) in [6.07, 6.45) is 1.10. The largest absolute Gasteiger partial charge is 0.497 e. The maximum Gasteiger partial charge on any atom is 0.309 e. The lowest BCUT2D eigenvalue weighted by Gasteiger charge is -2.39. The van der Waals surface area contributed by atoms with Crippen LogP contribution in [-0.2, 0) is 11.5 Å². The summed E-state index contributed by atoms with van der Waals surface area (Å²) in [6, 6.07) is 6.18. The molecule has 0 spiro atoms. The quantitative estimate of drug-likeness (QED) is 0.318. The van der Waals surface area contributed by atoms with Crippen LogP contribution in [0.1, 0.15) is 42.9 Å². The number of aliphatic hydroxyl groups excluding tert-OH is 1. The number of halogens is 4. The number of piperidine rings is 1. The Bertz CT molecular complexity index is 1300. The molecule has 210 valence electrons. The molecule has 1 aromatic heterocycles. The molecule has 2 N–H and O–H groups in total. The van der Waals surface area contributed by atoms with Crippen molar-refractivity contribution in [2.75, 3.05) is 33.4 Å². The van der Waals surface area contributed by atoms with Crippen molar-refractivity contribution in [3.63, 3.8) is 0 Å². The summed E-state index contributed by atoms with van der Waals surface area (Å²) < 4.78 is 64.9. The third-order valence-corrected chi connectivity index (χ3v) is 7.46. The van der Waals surface area contributed by atoms with Crippen molar-refractivity contribution in [1.29, 1.82) is 0 Å². The van der Waals surface area contributed by atoms with Crippen LogP contribution >= 0.6 is 0 Å². The summed E-state index contributed by atoms with van der Waals surface area (Å²) in [4.78, 5) is 18.5. The summed E-state index contributed by atoms with van der Waals surface area (Å²) in [5, 5.41) is 21.7. The summed E-state index contributed by atoms with van der Waals surface area (Å²) in [7, 11) is 1.50. The minimum absolute atomic E-state index is 0.0666. The molecule has 4 rings (SSSR count). The SMILES string of the molecule is COc1ccc2ncc(CF)c(C(O)CCC3(C(=O)O)CCN(CCOc4c(F)cc(F)cc4F)CC3)c2c1. The first-order chi connectivity index (χ1) is 18.7. The van der Waals surface area contributed by atoms with E-state index in [9.17, 15) is 32.6 Å². The molecule has 0 saturated carbocycles. The van der Waals surface area contributed by atoms with Crippen LogP contribution in [0.5, 0.6) is 11.5 Å². The molecule has 1 saturated heterocycles. The number of carboxylic acids is 1. The van der Waals surface area contributed by atoms with Crippen LogP contribution < -0.4 is 9.47 Å². The first-order valence-electron chi connectivity index (χ1n) is 12.6. The second-order valence-electron chi connectivity index (χ2n) is 9.74. The highest BCUT2D eigenvalue weighted by Gasteiger charge is 2.41. The predicted octanol–water partition coefficient (Wildman–Crippen LogP) is 5.19. The molecule has 1 aliphatic heterocycles. The second kappa shape index (κ2) is 12.2. The molecule has 2 aromatic carbocycles. The number of fused-ring (bicyclic) bond motifs is 1. The van der Waals surface area contributed by atoms with Gasteiger partial charge in [0, 0.05) is 35.8 Å². The first kappa shape index (κ1) is 28.6. The molecule has 2 heterocycles. The van der Waals surface area contributed by atoms with E-state index in [0.717, 1.165) is 0 Å². The Labute approximate surface area is 223 Å². The van der Waals surface area contributed by atoms with E-state index in [-0.39, 0.29) is 37.9 Å². The number of aromatic nitrogens is 1. The maximum absolute atomic E-state index is 13.8. The Kier molecular flexibility index (Phi) is 8.91. The van der Waals surface area contributed by atoms with Gasteiger partial charge in [-0.3, -0.25) is 14.7 Å². The molecule has 0 aliphatic carbocycles. The van der Waals surface area contributed by atoms with Crippen molar-refractivity contribution in [2.24, 2.45) is 5.41 Å². The summed E-state index contributed by atoms with van der Waals surface area (Å²) in [6.45, 7) is 0.179. The summed E-state index contributed by atoms with van der Waals surface area (Å²) in [5.41, 5.74) is 0.0726. The summed E-state index contributed by atoms with van der Waals surface area (Å²) in [5.74, 6) is -4.42. The van der Waals surface area contributed by atoms with E-state index in [1.807, 2.05) is 4.90 Å². The number of aliphatic carboxylic acids is 1. The maximum atomic E-state index is 13.8. The van der Waals surface area contributed by atoms with Crippen molar-refractivity contribution in [3.05, 3.63) is 65.1 Å². The number of benzene rings is 2. The molecule has 1 aliphatic rings. The van der Waals surface area contributed by atoms with Crippen molar-refractivity contribution < 1.29 is 42.0 Å². The van der Waals surface area contributed by atoms with Crippen LogP contribution in [0, 0.1) is 22.9 Å². The van der Waals surface area contributed by atoms with Crippen LogP contribution in [0.2, 0.25) is 0 Å². The Morgan fingerprint density at radius 2 is 1.85 bits per heavy atom. The molecule has 0 amide bonds. The fraction of sp³-hybridized carbons (Fsp3) is 0.429. The van der Waals surface area contributed by atoms with Crippen LogP contribution in [0.4, 0.5) is 17.6 Å². The molecule has 1 atom stereocenters. The van der Waals surface area contributed by atoms with E-state index in [2.05, 4.69) is 4.98 Å². The van der Waals surface area contributed by atoms with Crippen LogP contribution in [-0.4, -0.2) is 59.4 Å². The lowest BCUT2D eigenvalue weighted by Crippen LogP contribution is -2.45. The minimum Gasteiger partial charge on any atom is -0.497 e. The number of nitrogens with zero attached hydrogens (tertiary/aromatic N) is 2. The molecule has 11 heteroatoms. The highest BCUT2D eigenvalue weighted by atomic mass is 19.1. The predicted molar refractivity (Wildman–Crippen MR) is 135 cm³/mol. The minimum atomic E-state index is -1.13. The Morgan fingerprint density at radius 3 is 2.46 bits per heavy atom. The van der Waals surface area contributed by atoms with Crippen molar-refractivity contribution in [2.45, 2.75) is 38.5 Å². The lowest BCUT2D eigenvalue weighted by atomic mass is 9.74. The molecule has 1 fully saturated rings. The molecule has 3 aromatic rings. The fourth-order valence-corrected chi connectivity index (χ4v) is 5.14. The van der Waals surface area contributed by atoms with Crippen molar-refractivity contribution in [1.82, 2.24) is 9.88 Å². The van der Waals surface area contributed by atoms with Gasteiger partial charge in [-0.2, -0.15) is 0 Å². The number of hydrogen-bond acceptors (Lipinski definition) is 6. The zero-order chi connectivity index (χ0) is 28.2. The van der Waals surface area contributed by atoms with E-state index in [1.54, 1.807) is 18.2 Å². The number of carboxylic acid groups (broad SMARTS) is 1. The van der Waals surface area contributed by atoms with Crippen LogP contribution in [0.15, 0.2) is 36.5 Å². The van der Waals surface area contributed by atoms with E-state index in [0.29, 0.717) is 54.0 Å². The highest BCUT2D eigenvalue weighted by Crippen LogP contribution is 2.40. The number of alkyl halides is 1. The average molecular weight is 551 g/mol. The Hall–Kier alpha value is -3.44. The van der Waals surface area contributed by atoms with Crippen LogP contribution in [0.3, 0.4) is 0 Å². The van der Waals surface area contributed by atoms with Crippen molar-refractivity contribution in [3.8, 4) is 11.5 Å². The number of likely N-dealkylation sites (tertiary alicyclic amines) is 1. The van der Waals surface area contributed by atoms with Gasteiger partial charge in [-0.25, -0.2) is 17.6 Å². The topological polar surface area (TPSA) is 92.1 Å². The number of methoxy groups -OCH3 is 1. The third-order valence-electron chi connectivity index (χ3n) is 7.46. The fourth-order valence-electron chi connectivity index (χ4n) is 5.14. The second-order valence-corrected chi connectivity index (χ2v) is 9.74. The van der Waals surface area contributed by atoms with E-state index in [4.69, 9.17) is 9.47 Å².